The lowest BCUT2D eigenvalue weighted by molar-refractivity contribution is -0.0494. The standard InChI is InChI=1S/C19H18F2N4O2/c1-27-15-4-2-14(3-5-15)25-12-23-16-10-13(11-22-17(16)25)18(26)24-8-6-19(20,21)7-9-24/h2-5,10-12H,6-9H2,1H3. The number of benzene rings is 1. The van der Waals surface area contributed by atoms with E-state index in [1.54, 1.807) is 19.5 Å². The molecule has 1 aliphatic rings. The first-order valence-corrected chi connectivity index (χ1v) is 8.61. The summed E-state index contributed by atoms with van der Waals surface area (Å²) < 4.78 is 33.6. The van der Waals surface area contributed by atoms with Gasteiger partial charge in [0.15, 0.2) is 5.65 Å². The molecule has 0 N–H and O–H groups in total. The van der Waals surface area contributed by atoms with Gasteiger partial charge in [0.2, 0.25) is 0 Å². The molecule has 1 fully saturated rings. The van der Waals surface area contributed by atoms with Gasteiger partial charge in [-0.15, -0.1) is 0 Å². The second-order valence-corrected chi connectivity index (χ2v) is 6.53. The summed E-state index contributed by atoms with van der Waals surface area (Å²) in [4.78, 5) is 22.7. The van der Waals surface area contributed by atoms with Crippen LogP contribution in [0, 0.1) is 0 Å². The van der Waals surface area contributed by atoms with Crippen LogP contribution in [0.1, 0.15) is 23.2 Å². The van der Waals surface area contributed by atoms with Crippen LogP contribution in [0.3, 0.4) is 0 Å². The smallest absolute Gasteiger partial charge is 0.255 e. The van der Waals surface area contributed by atoms with Gasteiger partial charge < -0.3 is 9.64 Å². The summed E-state index contributed by atoms with van der Waals surface area (Å²) in [6, 6.07) is 9.09. The zero-order chi connectivity index (χ0) is 19.0. The van der Waals surface area contributed by atoms with E-state index in [2.05, 4.69) is 9.97 Å². The average Bonchev–Trinajstić information content (AvgIpc) is 3.10. The molecule has 0 radical (unpaired) electrons. The number of methoxy groups -OCH3 is 1. The van der Waals surface area contributed by atoms with Crippen LogP contribution in [-0.2, 0) is 0 Å². The lowest BCUT2D eigenvalue weighted by atomic mass is 10.1. The van der Waals surface area contributed by atoms with E-state index in [0.717, 1.165) is 11.4 Å². The van der Waals surface area contributed by atoms with Crippen molar-refractivity contribution in [1.82, 2.24) is 19.4 Å². The number of carbonyl (C=O) groups is 1. The molecular weight excluding hydrogens is 354 g/mol. The Bertz CT molecular complexity index is 975. The summed E-state index contributed by atoms with van der Waals surface area (Å²) in [5.41, 5.74) is 2.40. The molecule has 0 atom stereocenters. The fourth-order valence-corrected chi connectivity index (χ4v) is 3.17. The normalized spacial score (nSPS) is 16.5. The van der Waals surface area contributed by atoms with E-state index in [9.17, 15) is 13.6 Å². The first kappa shape index (κ1) is 17.4. The molecule has 3 heterocycles. The van der Waals surface area contributed by atoms with Crippen LogP contribution in [0.5, 0.6) is 5.75 Å². The van der Waals surface area contributed by atoms with Crippen molar-refractivity contribution in [2.45, 2.75) is 18.8 Å². The van der Waals surface area contributed by atoms with Crippen LogP contribution in [0.15, 0.2) is 42.9 Å². The van der Waals surface area contributed by atoms with Crippen LogP contribution in [0.2, 0.25) is 0 Å². The summed E-state index contributed by atoms with van der Waals surface area (Å²) in [5, 5.41) is 0. The number of aromatic nitrogens is 3. The quantitative estimate of drug-likeness (QED) is 0.708. The number of likely N-dealkylation sites (tertiary alicyclic amines) is 1. The topological polar surface area (TPSA) is 60.3 Å². The number of hydrogen-bond donors (Lipinski definition) is 0. The van der Waals surface area contributed by atoms with Gasteiger partial charge in [0, 0.05) is 37.8 Å². The Morgan fingerprint density at radius 3 is 2.52 bits per heavy atom. The third-order valence-corrected chi connectivity index (χ3v) is 4.77. The molecule has 27 heavy (non-hydrogen) atoms. The summed E-state index contributed by atoms with van der Waals surface area (Å²) >= 11 is 0. The highest BCUT2D eigenvalue weighted by Gasteiger charge is 2.35. The monoisotopic (exact) mass is 372 g/mol. The first-order chi connectivity index (χ1) is 13.0. The van der Waals surface area contributed by atoms with Gasteiger partial charge in [-0.25, -0.2) is 18.7 Å². The number of carbonyl (C=O) groups excluding carboxylic acids is 1. The number of ether oxygens (including phenoxy) is 1. The summed E-state index contributed by atoms with van der Waals surface area (Å²) in [5.74, 6) is -2.23. The second kappa shape index (κ2) is 6.61. The van der Waals surface area contributed by atoms with E-state index >= 15 is 0 Å². The number of rotatable bonds is 3. The largest absolute Gasteiger partial charge is 0.497 e. The molecule has 1 aliphatic heterocycles. The predicted octanol–water partition coefficient (Wildman–Crippen LogP) is 3.30. The first-order valence-electron chi connectivity index (χ1n) is 8.61. The van der Waals surface area contributed by atoms with Gasteiger partial charge in [-0.2, -0.15) is 0 Å². The number of hydrogen-bond acceptors (Lipinski definition) is 4. The minimum absolute atomic E-state index is 0.0458. The van der Waals surface area contributed by atoms with E-state index in [-0.39, 0.29) is 31.8 Å². The SMILES string of the molecule is COc1ccc(-n2cnc3cc(C(=O)N4CCC(F)(F)CC4)cnc32)cc1. The Kier molecular flexibility index (Phi) is 4.25. The van der Waals surface area contributed by atoms with E-state index < -0.39 is 5.92 Å². The molecule has 3 aromatic rings. The third-order valence-electron chi connectivity index (χ3n) is 4.77. The molecule has 8 heteroatoms. The third kappa shape index (κ3) is 3.34. The highest BCUT2D eigenvalue weighted by Crippen LogP contribution is 2.28. The highest BCUT2D eigenvalue weighted by atomic mass is 19.3. The maximum absolute atomic E-state index is 13.3. The Morgan fingerprint density at radius 2 is 1.85 bits per heavy atom. The molecule has 1 aromatic carbocycles. The number of amides is 1. The van der Waals surface area contributed by atoms with Crippen molar-refractivity contribution in [3.63, 3.8) is 0 Å². The fourth-order valence-electron chi connectivity index (χ4n) is 3.17. The van der Waals surface area contributed by atoms with Crippen molar-refractivity contribution < 1.29 is 18.3 Å². The lowest BCUT2D eigenvalue weighted by Crippen LogP contribution is -2.42. The van der Waals surface area contributed by atoms with Gasteiger partial charge in [-0.05, 0) is 30.3 Å². The number of nitrogens with zero attached hydrogens (tertiary/aromatic N) is 4. The molecule has 6 nitrogen and oxygen atoms in total. The van der Waals surface area contributed by atoms with Gasteiger partial charge in [0.05, 0.1) is 12.7 Å². The minimum atomic E-state index is -2.68. The zero-order valence-electron chi connectivity index (χ0n) is 14.7. The molecule has 1 saturated heterocycles. The zero-order valence-corrected chi connectivity index (χ0v) is 14.7. The number of piperidine rings is 1. The summed E-state index contributed by atoms with van der Waals surface area (Å²) in [6.07, 6.45) is 2.50. The average molecular weight is 372 g/mol. The molecule has 0 saturated carbocycles. The Morgan fingerprint density at radius 1 is 1.15 bits per heavy atom. The van der Waals surface area contributed by atoms with E-state index in [0.29, 0.717) is 16.7 Å². The molecule has 0 bridgehead atoms. The molecule has 140 valence electrons. The maximum Gasteiger partial charge on any atom is 0.255 e. The van der Waals surface area contributed by atoms with E-state index in [1.165, 1.54) is 11.1 Å². The van der Waals surface area contributed by atoms with Crippen molar-refractivity contribution >= 4 is 17.1 Å². The molecule has 1 amide bonds. The van der Waals surface area contributed by atoms with Crippen molar-refractivity contribution in [1.29, 1.82) is 0 Å². The highest BCUT2D eigenvalue weighted by molar-refractivity contribution is 5.96. The number of halogens is 2. The molecule has 2 aromatic heterocycles. The second-order valence-electron chi connectivity index (χ2n) is 6.53. The van der Waals surface area contributed by atoms with Gasteiger partial charge >= 0.3 is 0 Å². The number of imidazole rings is 1. The molecular formula is C19H18F2N4O2. The summed E-state index contributed by atoms with van der Waals surface area (Å²) in [6.45, 7) is 0.0916. The lowest BCUT2D eigenvalue weighted by Gasteiger charge is -2.31. The van der Waals surface area contributed by atoms with Crippen molar-refractivity contribution in [2.24, 2.45) is 0 Å². The van der Waals surface area contributed by atoms with Gasteiger partial charge in [-0.3, -0.25) is 9.36 Å². The molecule has 0 unspecified atom stereocenters. The van der Waals surface area contributed by atoms with Crippen molar-refractivity contribution in [3.05, 3.63) is 48.4 Å². The van der Waals surface area contributed by atoms with Gasteiger partial charge in [-0.1, -0.05) is 0 Å². The van der Waals surface area contributed by atoms with E-state index in [4.69, 9.17) is 4.74 Å². The van der Waals surface area contributed by atoms with Crippen LogP contribution in [-0.4, -0.2) is 51.5 Å². The van der Waals surface area contributed by atoms with Crippen molar-refractivity contribution in [2.75, 3.05) is 20.2 Å². The Labute approximate surface area is 154 Å². The van der Waals surface area contributed by atoms with Crippen LogP contribution in [0.25, 0.3) is 16.9 Å². The van der Waals surface area contributed by atoms with E-state index in [1.807, 2.05) is 28.8 Å². The van der Waals surface area contributed by atoms with Crippen LogP contribution < -0.4 is 4.74 Å². The predicted molar refractivity (Wildman–Crippen MR) is 95.5 cm³/mol. The summed E-state index contributed by atoms with van der Waals surface area (Å²) in [7, 11) is 1.60. The molecule has 4 rings (SSSR count). The maximum atomic E-state index is 13.3. The Hall–Kier alpha value is -3.03. The Balaban J connectivity index is 1.59. The van der Waals surface area contributed by atoms with Gasteiger partial charge in [0.25, 0.3) is 11.8 Å². The fraction of sp³-hybridized carbons (Fsp3) is 0.316. The van der Waals surface area contributed by atoms with Crippen molar-refractivity contribution in [3.8, 4) is 11.4 Å². The number of alkyl halides is 2. The van der Waals surface area contributed by atoms with Crippen LogP contribution in [0.4, 0.5) is 8.78 Å². The van der Waals surface area contributed by atoms with Gasteiger partial charge in [0.1, 0.15) is 17.6 Å². The number of fused-ring (bicyclic) bond motifs is 1. The molecule has 0 aliphatic carbocycles. The molecule has 0 spiro atoms. The van der Waals surface area contributed by atoms with Crippen LogP contribution >= 0.6 is 0 Å². The number of pyridine rings is 1. The minimum Gasteiger partial charge on any atom is -0.497 e.